The number of halogens is 1. The van der Waals surface area contributed by atoms with Crippen molar-refractivity contribution >= 4 is 28.7 Å². The van der Waals surface area contributed by atoms with Crippen LogP contribution < -0.4 is 10.9 Å². The van der Waals surface area contributed by atoms with Crippen molar-refractivity contribution in [2.45, 2.75) is 11.7 Å². The van der Waals surface area contributed by atoms with Gasteiger partial charge in [0, 0.05) is 0 Å². The number of nitrogens with zero attached hydrogens (tertiary/aromatic N) is 3. The molecule has 0 aliphatic rings. The Hall–Kier alpha value is -3.40. The summed E-state index contributed by atoms with van der Waals surface area (Å²) in [5.74, 6) is 0.119. The molecule has 0 saturated heterocycles. The average molecular weight is 399 g/mol. The predicted molar refractivity (Wildman–Crippen MR) is 101 cm³/mol. The van der Waals surface area contributed by atoms with E-state index in [0.29, 0.717) is 22.5 Å². The third kappa shape index (κ3) is 3.81. The summed E-state index contributed by atoms with van der Waals surface area (Å²) in [6.45, 7) is 0.284. The van der Waals surface area contributed by atoms with Gasteiger partial charge >= 0.3 is 0 Å². The lowest BCUT2D eigenvalue weighted by molar-refractivity contribution is -0.118. The number of aromatic amines is 1. The molecule has 2 N–H and O–H groups in total. The molecule has 0 atom stereocenters. The summed E-state index contributed by atoms with van der Waals surface area (Å²) >= 11 is 1.09. The van der Waals surface area contributed by atoms with Crippen LogP contribution in [0.5, 0.6) is 0 Å². The molecular weight excluding hydrogens is 385 g/mol. The number of H-pyrrole nitrogens is 1. The van der Waals surface area contributed by atoms with E-state index in [9.17, 15) is 14.0 Å². The van der Waals surface area contributed by atoms with Crippen LogP contribution >= 0.6 is 11.8 Å². The molecule has 8 nitrogen and oxygen atoms in total. The molecule has 0 spiro atoms. The van der Waals surface area contributed by atoms with E-state index in [-0.39, 0.29) is 34.7 Å². The van der Waals surface area contributed by atoms with Crippen molar-refractivity contribution in [3.05, 3.63) is 70.8 Å². The van der Waals surface area contributed by atoms with E-state index in [0.717, 1.165) is 11.8 Å². The van der Waals surface area contributed by atoms with Gasteiger partial charge in [0.1, 0.15) is 17.0 Å². The Labute approximate surface area is 161 Å². The fourth-order valence-electron chi connectivity index (χ4n) is 2.52. The van der Waals surface area contributed by atoms with Gasteiger partial charge in [-0.2, -0.15) is 5.10 Å². The summed E-state index contributed by atoms with van der Waals surface area (Å²) in [4.78, 5) is 31.3. The summed E-state index contributed by atoms with van der Waals surface area (Å²) in [7, 11) is 0. The van der Waals surface area contributed by atoms with Gasteiger partial charge < -0.3 is 14.7 Å². The number of rotatable bonds is 6. The molecule has 3 heterocycles. The Morgan fingerprint density at radius 2 is 2.11 bits per heavy atom. The molecular formula is C18H14FN5O3S. The first-order valence-electron chi connectivity index (χ1n) is 8.26. The van der Waals surface area contributed by atoms with Gasteiger partial charge in [0.2, 0.25) is 5.91 Å². The molecule has 3 aromatic heterocycles. The first-order valence-corrected chi connectivity index (χ1v) is 9.24. The number of hydrogen-bond acceptors (Lipinski definition) is 6. The van der Waals surface area contributed by atoms with Crippen LogP contribution in [0.1, 0.15) is 5.76 Å². The summed E-state index contributed by atoms with van der Waals surface area (Å²) in [5.41, 5.74) is 0.535. The SMILES string of the molecule is O=C(CSc1nc2c(cnn2-c2ccc(F)cc2)c(=O)[nH]1)NCc1ccco1. The molecule has 0 unspecified atom stereocenters. The highest BCUT2D eigenvalue weighted by molar-refractivity contribution is 7.99. The fraction of sp³-hybridized carbons (Fsp3) is 0.111. The lowest BCUT2D eigenvalue weighted by Crippen LogP contribution is -2.24. The number of amides is 1. The van der Waals surface area contributed by atoms with Crippen LogP contribution in [0.4, 0.5) is 4.39 Å². The molecule has 1 aromatic carbocycles. The minimum atomic E-state index is -0.372. The normalized spacial score (nSPS) is 11.0. The van der Waals surface area contributed by atoms with Crippen molar-refractivity contribution < 1.29 is 13.6 Å². The summed E-state index contributed by atoms with van der Waals surface area (Å²) in [6.07, 6.45) is 2.93. The van der Waals surface area contributed by atoms with Crippen LogP contribution in [0.3, 0.4) is 0 Å². The van der Waals surface area contributed by atoms with Crippen LogP contribution in [0.2, 0.25) is 0 Å². The monoisotopic (exact) mass is 399 g/mol. The molecule has 0 aliphatic heterocycles. The van der Waals surface area contributed by atoms with Gasteiger partial charge in [-0.1, -0.05) is 11.8 Å². The number of carbonyl (C=O) groups is 1. The number of nitrogens with one attached hydrogen (secondary N) is 2. The fourth-order valence-corrected chi connectivity index (χ4v) is 3.21. The molecule has 0 saturated carbocycles. The predicted octanol–water partition coefficient (Wildman–Crippen LogP) is 2.25. The van der Waals surface area contributed by atoms with Crippen molar-refractivity contribution in [1.82, 2.24) is 25.1 Å². The van der Waals surface area contributed by atoms with E-state index in [1.165, 1.54) is 29.3 Å². The molecule has 142 valence electrons. The average Bonchev–Trinajstić information content (AvgIpc) is 3.35. The van der Waals surface area contributed by atoms with Crippen LogP contribution in [-0.2, 0) is 11.3 Å². The molecule has 1 amide bonds. The Kier molecular flexibility index (Phi) is 4.94. The van der Waals surface area contributed by atoms with E-state index in [1.54, 1.807) is 24.3 Å². The van der Waals surface area contributed by atoms with Crippen molar-refractivity contribution in [1.29, 1.82) is 0 Å². The van der Waals surface area contributed by atoms with Crippen LogP contribution in [0.15, 0.2) is 63.2 Å². The van der Waals surface area contributed by atoms with Crippen LogP contribution in [0, 0.1) is 5.82 Å². The third-order valence-corrected chi connectivity index (χ3v) is 4.74. The second kappa shape index (κ2) is 7.69. The molecule has 4 rings (SSSR count). The third-order valence-electron chi connectivity index (χ3n) is 3.87. The lowest BCUT2D eigenvalue weighted by atomic mass is 10.3. The quantitative estimate of drug-likeness (QED) is 0.381. The van der Waals surface area contributed by atoms with Gasteiger partial charge in [0.15, 0.2) is 10.8 Å². The minimum Gasteiger partial charge on any atom is -0.467 e. The van der Waals surface area contributed by atoms with E-state index in [2.05, 4.69) is 20.4 Å². The van der Waals surface area contributed by atoms with Gasteiger partial charge in [-0.25, -0.2) is 14.1 Å². The highest BCUT2D eigenvalue weighted by Crippen LogP contribution is 2.18. The van der Waals surface area contributed by atoms with Gasteiger partial charge in [-0.05, 0) is 36.4 Å². The first kappa shape index (κ1) is 18.0. The molecule has 0 fully saturated rings. The number of hydrogen-bond donors (Lipinski definition) is 2. The summed E-state index contributed by atoms with van der Waals surface area (Å²) < 4.78 is 19.8. The van der Waals surface area contributed by atoms with Gasteiger partial charge in [-0.15, -0.1) is 0 Å². The first-order chi connectivity index (χ1) is 13.6. The Morgan fingerprint density at radius 1 is 1.29 bits per heavy atom. The topological polar surface area (TPSA) is 106 Å². The Bertz CT molecular complexity index is 1170. The standard InChI is InChI=1S/C18H14FN5O3S/c19-11-3-5-12(6-4-11)24-16-14(9-21-24)17(26)23-18(22-16)28-10-15(25)20-8-13-2-1-7-27-13/h1-7,9H,8,10H2,(H,20,25)(H,22,23,26). The highest BCUT2D eigenvalue weighted by atomic mass is 32.2. The number of furan rings is 1. The maximum absolute atomic E-state index is 13.2. The van der Waals surface area contributed by atoms with E-state index in [4.69, 9.17) is 4.42 Å². The van der Waals surface area contributed by atoms with Crippen molar-refractivity contribution in [3.8, 4) is 5.69 Å². The molecule has 4 aromatic rings. The maximum Gasteiger partial charge on any atom is 0.262 e. The smallest absolute Gasteiger partial charge is 0.262 e. The van der Waals surface area contributed by atoms with Crippen molar-refractivity contribution in [3.63, 3.8) is 0 Å². The number of carbonyl (C=O) groups excluding carboxylic acids is 1. The van der Waals surface area contributed by atoms with E-state index >= 15 is 0 Å². The van der Waals surface area contributed by atoms with E-state index in [1.807, 2.05) is 0 Å². The molecule has 0 aliphatic carbocycles. The number of fused-ring (bicyclic) bond motifs is 1. The van der Waals surface area contributed by atoms with E-state index < -0.39 is 0 Å². The number of aromatic nitrogens is 4. The number of benzene rings is 1. The van der Waals surface area contributed by atoms with Gasteiger partial charge in [-0.3, -0.25) is 9.59 Å². The molecule has 28 heavy (non-hydrogen) atoms. The second-order valence-corrected chi connectivity index (χ2v) is 6.75. The molecule has 0 bridgehead atoms. The second-order valence-electron chi connectivity index (χ2n) is 5.79. The molecule has 10 heteroatoms. The zero-order chi connectivity index (χ0) is 19.5. The van der Waals surface area contributed by atoms with Crippen LogP contribution in [0.25, 0.3) is 16.7 Å². The Morgan fingerprint density at radius 3 is 2.86 bits per heavy atom. The highest BCUT2D eigenvalue weighted by Gasteiger charge is 2.13. The zero-order valence-corrected chi connectivity index (χ0v) is 15.2. The van der Waals surface area contributed by atoms with Crippen LogP contribution in [-0.4, -0.2) is 31.4 Å². The lowest BCUT2D eigenvalue weighted by Gasteiger charge is -2.05. The summed E-state index contributed by atoms with van der Waals surface area (Å²) in [5, 5.41) is 7.47. The minimum absolute atomic E-state index is 0.0693. The zero-order valence-electron chi connectivity index (χ0n) is 14.4. The Balaban J connectivity index is 1.51. The van der Waals surface area contributed by atoms with Gasteiger partial charge in [0.05, 0.1) is 30.4 Å². The largest absolute Gasteiger partial charge is 0.467 e. The van der Waals surface area contributed by atoms with Gasteiger partial charge in [0.25, 0.3) is 5.56 Å². The van der Waals surface area contributed by atoms with Crippen molar-refractivity contribution in [2.75, 3.05) is 5.75 Å². The maximum atomic E-state index is 13.2. The van der Waals surface area contributed by atoms with Crippen molar-refractivity contribution in [2.24, 2.45) is 0 Å². The summed E-state index contributed by atoms with van der Waals surface area (Å²) in [6, 6.07) is 9.19. The number of thioether (sulfide) groups is 1. The molecule has 0 radical (unpaired) electrons.